The van der Waals surface area contributed by atoms with Gasteiger partial charge in [0.05, 0.1) is 18.1 Å². The molecule has 0 aliphatic carbocycles. The summed E-state index contributed by atoms with van der Waals surface area (Å²) in [6, 6.07) is 11.0. The Labute approximate surface area is 174 Å². The Morgan fingerprint density at radius 3 is 2.47 bits per heavy atom. The number of nitrogens with one attached hydrogen (secondary N) is 2. The smallest absolute Gasteiger partial charge is 0.254 e. The molecule has 0 spiro atoms. The number of amides is 2. The van der Waals surface area contributed by atoms with Gasteiger partial charge in [0.25, 0.3) is 5.91 Å². The topological polar surface area (TPSA) is 105 Å². The Hall–Kier alpha value is -2.82. The third-order valence-electron chi connectivity index (χ3n) is 4.46. The zero-order valence-electron chi connectivity index (χ0n) is 16.1. The number of morpholine rings is 1. The number of hydrogen-bond donors (Lipinski definition) is 2. The van der Waals surface area contributed by atoms with Crippen molar-refractivity contribution in [2.45, 2.75) is 11.3 Å². The van der Waals surface area contributed by atoms with E-state index >= 15 is 0 Å². The third kappa shape index (κ3) is 5.85. The fourth-order valence-corrected chi connectivity index (χ4v) is 3.93. The van der Waals surface area contributed by atoms with Crippen LogP contribution in [0.3, 0.4) is 0 Å². The number of carbonyl (C=O) groups is 2. The molecule has 3 rings (SSSR count). The summed E-state index contributed by atoms with van der Waals surface area (Å²) in [5.41, 5.74) is 0.896. The summed E-state index contributed by atoms with van der Waals surface area (Å²) in [6.07, 6.45) is -0.109. The van der Waals surface area contributed by atoms with Crippen molar-refractivity contribution in [1.82, 2.24) is 9.62 Å². The Kier molecular flexibility index (Phi) is 7.14. The first-order valence-electron chi connectivity index (χ1n) is 9.37. The molecule has 0 unspecified atom stereocenters. The first kappa shape index (κ1) is 21.9. The highest BCUT2D eigenvalue weighted by molar-refractivity contribution is 7.89. The van der Waals surface area contributed by atoms with Crippen LogP contribution in [-0.4, -0.2) is 58.0 Å². The van der Waals surface area contributed by atoms with Crippen LogP contribution in [0.25, 0.3) is 0 Å². The number of rotatable bonds is 7. The summed E-state index contributed by atoms with van der Waals surface area (Å²) in [7, 11) is -3.83. The lowest BCUT2D eigenvalue weighted by Gasteiger charge is -2.27. The fraction of sp³-hybridized carbons (Fsp3) is 0.300. The van der Waals surface area contributed by atoms with Crippen LogP contribution < -0.4 is 10.0 Å². The molecule has 0 atom stereocenters. The minimum absolute atomic E-state index is 0.0846. The fourth-order valence-electron chi connectivity index (χ4n) is 2.90. The van der Waals surface area contributed by atoms with E-state index in [-0.39, 0.29) is 23.8 Å². The maximum atomic E-state index is 12.9. The van der Waals surface area contributed by atoms with Crippen molar-refractivity contribution in [1.29, 1.82) is 0 Å². The zero-order chi connectivity index (χ0) is 21.6. The van der Waals surface area contributed by atoms with Crippen molar-refractivity contribution in [3.63, 3.8) is 0 Å². The van der Waals surface area contributed by atoms with E-state index < -0.39 is 21.7 Å². The van der Waals surface area contributed by atoms with E-state index in [0.29, 0.717) is 37.6 Å². The number of halogens is 1. The molecule has 0 radical (unpaired) electrons. The van der Waals surface area contributed by atoms with E-state index in [2.05, 4.69) is 10.0 Å². The molecule has 2 aromatic carbocycles. The Morgan fingerprint density at radius 2 is 1.77 bits per heavy atom. The predicted octanol–water partition coefficient (Wildman–Crippen LogP) is 1.61. The van der Waals surface area contributed by atoms with Crippen LogP contribution >= 0.6 is 0 Å². The van der Waals surface area contributed by atoms with E-state index in [4.69, 9.17) is 4.74 Å². The summed E-state index contributed by atoms with van der Waals surface area (Å²) in [5.74, 6) is -1.09. The average molecular weight is 435 g/mol. The number of anilines is 1. The summed E-state index contributed by atoms with van der Waals surface area (Å²) >= 11 is 0. The van der Waals surface area contributed by atoms with Gasteiger partial charge in [0.15, 0.2) is 0 Å². The highest BCUT2D eigenvalue weighted by Gasteiger charge is 2.19. The standard InChI is InChI=1S/C20H22FN3O5S/c21-16-4-6-18(7-5-16)30(27,28)22-9-8-19(25)23-17-3-1-2-15(14-17)20(26)24-10-12-29-13-11-24/h1-7,14,22H,8-13H2,(H,23,25). The molecule has 1 fully saturated rings. The first-order chi connectivity index (χ1) is 14.3. The van der Waals surface area contributed by atoms with E-state index in [9.17, 15) is 22.4 Å². The van der Waals surface area contributed by atoms with Crippen LogP contribution in [-0.2, 0) is 19.6 Å². The van der Waals surface area contributed by atoms with Gasteiger partial charge in [0.2, 0.25) is 15.9 Å². The lowest BCUT2D eigenvalue weighted by molar-refractivity contribution is -0.116. The monoisotopic (exact) mass is 435 g/mol. The van der Waals surface area contributed by atoms with Gasteiger partial charge in [0.1, 0.15) is 5.82 Å². The number of carbonyl (C=O) groups excluding carboxylic acids is 2. The number of benzene rings is 2. The maximum absolute atomic E-state index is 12.9. The van der Waals surface area contributed by atoms with Gasteiger partial charge in [-0.1, -0.05) is 6.07 Å². The van der Waals surface area contributed by atoms with Crippen LogP contribution in [0.2, 0.25) is 0 Å². The summed E-state index contributed by atoms with van der Waals surface area (Å²) in [5, 5.41) is 2.65. The summed E-state index contributed by atoms with van der Waals surface area (Å²) in [4.78, 5) is 26.3. The second-order valence-corrected chi connectivity index (χ2v) is 8.40. The highest BCUT2D eigenvalue weighted by Crippen LogP contribution is 2.14. The molecule has 0 aromatic heterocycles. The largest absolute Gasteiger partial charge is 0.378 e. The second-order valence-electron chi connectivity index (χ2n) is 6.64. The zero-order valence-corrected chi connectivity index (χ0v) is 17.0. The molecule has 160 valence electrons. The molecule has 2 amide bonds. The van der Waals surface area contributed by atoms with Gasteiger partial charge >= 0.3 is 0 Å². The van der Waals surface area contributed by atoms with Gasteiger partial charge in [-0.25, -0.2) is 17.5 Å². The molecule has 0 bridgehead atoms. The van der Waals surface area contributed by atoms with E-state index in [1.165, 1.54) is 0 Å². The number of sulfonamides is 1. The Balaban J connectivity index is 1.52. The van der Waals surface area contributed by atoms with Crippen LogP contribution in [0.4, 0.5) is 10.1 Å². The predicted molar refractivity (Wildman–Crippen MR) is 108 cm³/mol. The second kappa shape index (κ2) is 9.79. The van der Waals surface area contributed by atoms with Crippen LogP contribution in [0, 0.1) is 5.82 Å². The molecular weight excluding hydrogens is 413 g/mol. The molecule has 0 saturated carbocycles. The molecule has 1 aliphatic rings. The molecule has 1 aliphatic heterocycles. The minimum atomic E-state index is -3.83. The van der Waals surface area contributed by atoms with E-state index in [1.807, 2.05) is 0 Å². The molecule has 2 aromatic rings. The lowest BCUT2D eigenvalue weighted by atomic mass is 10.1. The molecule has 1 heterocycles. The van der Waals surface area contributed by atoms with E-state index in [1.54, 1.807) is 29.2 Å². The van der Waals surface area contributed by atoms with Crippen molar-refractivity contribution in [3.8, 4) is 0 Å². The van der Waals surface area contributed by atoms with Crippen LogP contribution in [0.1, 0.15) is 16.8 Å². The van der Waals surface area contributed by atoms with Gasteiger partial charge in [-0.15, -0.1) is 0 Å². The quantitative estimate of drug-likeness (QED) is 0.688. The number of hydrogen-bond acceptors (Lipinski definition) is 5. The normalized spacial score (nSPS) is 14.4. The van der Waals surface area contributed by atoms with Crippen molar-refractivity contribution >= 4 is 27.5 Å². The summed E-state index contributed by atoms with van der Waals surface area (Å²) < 4.78 is 44.7. The van der Waals surface area contributed by atoms with Crippen LogP contribution in [0.15, 0.2) is 53.4 Å². The average Bonchev–Trinajstić information content (AvgIpc) is 2.74. The molecule has 1 saturated heterocycles. The maximum Gasteiger partial charge on any atom is 0.254 e. The Morgan fingerprint density at radius 1 is 1.07 bits per heavy atom. The Bertz CT molecular complexity index is 1010. The number of ether oxygens (including phenoxy) is 1. The van der Waals surface area contributed by atoms with Crippen molar-refractivity contribution in [2.24, 2.45) is 0 Å². The van der Waals surface area contributed by atoms with Gasteiger partial charge in [-0.3, -0.25) is 9.59 Å². The SMILES string of the molecule is O=C(CCNS(=O)(=O)c1ccc(F)cc1)Nc1cccc(C(=O)N2CCOCC2)c1. The van der Waals surface area contributed by atoms with Gasteiger partial charge in [0, 0.05) is 37.3 Å². The number of nitrogens with zero attached hydrogens (tertiary/aromatic N) is 1. The molecule has 8 nitrogen and oxygen atoms in total. The molecular formula is C20H22FN3O5S. The van der Waals surface area contributed by atoms with Crippen molar-refractivity contribution < 1.29 is 27.1 Å². The van der Waals surface area contributed by atoms with Crippen LogP contribution in [0.5, 0.6) is 0 Å². The molecule has 2 N–H and O–H groups in total. The summed E-state index contributed by atoms with van der Waals surface area (Å²) in [6.45, 7) is 1.90. The van der Waals surface area contributed by atoms with Crippen molar-refractivity contribution in [2.75, 3.05) is 38.2 Å². The first-order valence-corrected chi connectivity index (χ1v) is 10.9. The lowest BCUT2D eigenvalue weighted by Crippen LogP contribution is -2.40. The van der Waals surface area contributed by atoms with Crippen molar-refractivity contribution in [3.05, 3.63) is 59.9 Å². The van der Waals surface area contributed by atoms with Gasteiger partial charge in [-0.2, -0.15) is 0 Å². The third-order valence-corrected chi connectivity index (χ3v) is 5.94. The molecule has 30 heavy (non-hydrogen) atoms. The van der Waals surface area contributed by atoms with Gasteiger partial charge in [-0.05, 0) is 42.5 Å². The highest BCUT2D eigenvalue weighted by atomic mass is 32.2. The van der Waals surface area contributed by atoms with Gasteiger partial charge < -0.3 is 15.0 Å². The minimum Gasteiger partial charge on any atom is -0.378 e. The van der Waals surface area contributed by atoms with E-state index in [0.717, 1.165) is 24.3 Å². The molecule has 10 heteroatoms.